The molecule has 0 bridgehead atoms. The number of hydrogen-bond donors (Lipinski definition) is 0. The largest absolute Gasteiger partial charge is 0.310 e. The lowest BCUT2D eigenvalue weighted by Gasteiger charge is -2.42. The van der Waals surface area contributed by atoms with Crippen LogP contribution in [0, 0.1) is 0 Å². The van der Waals surface area contributed by atoms with E-state index in [1.165, 1.54) is 38.7 Å². The molecule has 1 aromatic heterocycles. The van der Waals surface area contributed by atoms with Crippen molar-refractivity contribution in [1.29, 1.82) is 0 Å². The van der Waals surface area contributed by atoms with Crippen LogP contribution in [0.25, 0.3) is 55.1 Å². The Morgan fingerprint density at radius 2 is 1.07 bits per heavy atom. The number of hydrogen-bond acceptors (Lipinski definition) is 3. The van der Waals surface area contributed by atoms with Crippen molar-refractivity contribution in [3.63, 3.8) is 0 Å². The summed E-state index contributed by atoms with van der Waals surface area (Å²) in [6.07, 6.45) is 0. The molecule has 0 saturated carbocycles. The normalized spacial score (nSPS) is 13.6. The van der Waals surface area contributed by atoms with Crippen molar-refractivity contribution in [3.05, 3.63) is 163 Å². The predicted octanol–water partition coefficient (Wildman–Crippen LogP) is 11.4. The van der Waals surface area contributed by atoms with Crippen molar-refractivity contribution in [3.8, 4) is 22.6 Å². The molecule has 0 radical (unpaired) electrons. The summed E-state index contributed by atoms with van der Waals surface area (Å²) in [6, 6.07) is 54.1. The summed E-state index contributed by atoms with van der Waals surface area (Å²) in [5, 5.41) is 5.74. The van der Waals surface area contributed by atoms with Gasteiger partial charge in [0.05, 0.1) is 22.6 Å². The van der Waals surface area contributed by atoms with E-state index in [4.69, 9.17) is 9.97 Å². The summed E-state index contributed by atoms with van der Waals surface area (Å²) in [5.41, 5.74) is 10.1. The van der Waals surface area contributed by atoms with Crippen LogP contribution >= 0.6 is 0 Å². The number of nitrogens with zero attached hydrogens (tertiary/aromatic N) is 3. The van der Waals surface area contributed by atoms with E-state index >= 15 is 0 Å². The van der Waals surface area contributed by atoms with E-state index < -0.39 is 0 Å². The highest BCUT2D eigenvalue weighted by Crippen LogP contribution is 2.51. The maximum Gasteiger partial charge on any atom is 0.160 e. The van der Waals surface area contributed by atoms with Crippen molar-refractivity contribution < 1.29 is 0 Å². The number of fused-ring (bicyclic) bond motifs is 6. The Balaban J connectivity index is 1.24. The lowest BCUT2D eigenvalue weighted by Crippen LogP contribution is -2.30. The van der Waals surface area contributed by atoms with Gasteiger partial charge in [-0.1, -0.05) is 123 Å². The maximum absolute atomic E-state index is 5.31. The Morgan fingerprint density at radius 1 is 0.478 bits per heavy atom. The molecule has 1 aliphatic rings. The van der Waals surface area contributed by atoms with Crippen LogP contribution < -0.4 is 4.90 Å². The van der Waals surface area contributed by atoms with Crippen molar-refractivity contribution in [1.82, 2.24) is 9.97 Å². The van der Waals surface area contributed by atoms with E-state index in [2.05, 4.69) is 170 Å². The van der Waals surface area contributed by atoms with Gasteiger partial charge < -0.3 is 4.90 Å². The molecule has 9 rings (SSSR count). The van der Waals surface area contributed by atoms with Gasteiger partial charge in [-0.2, -0.15) is 0 Å². The molecule has 0 N–H and O–H groups in total. The number of benzene rings is 7. The molecule has 0 saturated heterocycles. The highest BCUT2D eigenvalue weighted by atomic mass is 15.2. The summed E-state index contributed by atoms with van der Waals surface area (Å²) in [4.78, 5) is 12.9. The van der Waals surface area contributed by atoms with E-state index in [0.29, 0.717) is 0 Å². The van der Waals surface area contributed by atoms with Gasteiger partial charge >= 0.3 is 0 Å². The minimum Gasteiger partial charge on any atom is -0.310 e. The predicted molar refractivity (Wildman–Crippen MR) is 192 cm³/mol. The Kier molecular flexibility index (Phi) is 5.85. The Hall–Kier alpha value is -5.80. The Bertz CT molecular complexity index is 2400. The smallest absolute Gasteiger partial charge is 0.160 e. The number of para-hydroxylation sites is 2. The third kappa shape index (κ3) is 3.98. The van der Waals surface area contributed by atoms with Gasteiger partial charge in [-0.15, -0.1) is 0 Å². The summed E-state index contributed by atoms with van der Waals surface area (Å²) in [6.45, 7) is 4.64. The van der Waals surface area contributed by atoms with Crippen molar-refractivity contribution >= 4 is 49.5 Å². The molecule has 0 spiro atoms. The van der Waals surface area contributed by atoms with Crippen molar-refractivity contribution in [2.24, 2.45) is 0 Å². The average Bonchev–Trinajstić information content (AvgIpc) is 3.11. The maximum atomic E-state index is 5.31. The molecule has 2 heterocycles. The van der Waals surface area contributed by atoms with Crippen LogP contribution in [-0.2, 0) is 5.41 Å². The zero-order chi connectivity index (χ0) is 30.8. The third-order valence-corrected chi connectivity index (χ3v) is 9.66. The number of rotatable bonds is 3. The van der Waals surface area contributed by atoms with Crippen LogP contribution in [0.15, 0.2) is 152 Å². The van der Waals surface area contributed by atoms with Gasteiger partial charge in [-0.25, -0.2) is 9.97 Å². The zero-order valence-electron chi connectivity index (χ0n) is 25.8. The van der Waals surface area contributed by atoms with Crippen molar-refractivity contribution in [2.75, 3.05) is 4.90 Å². The first-order valence-electron chi connectivity index (χ1n) is 15.9. The summed E-state index contributed by atoms with van der Waals surface area (Å²) < 4.78 is 0. The van der Waals surface area contributed by atoms with Crippen molar-refractivity contribution in [2.45, 2.75) is 19.3 Å². The molecule has 0 amide bonds. The molecule has 0 unspecified atom stereocenters. The Morgan fingerprint density at radius 3 is 1.78 bits per heavy atom. The molecule has 218 valence electrons. The molecule has 46 heavy (non-hydrogen) atoms. The summed E-state index contributed by atoms with van der Waals surface area (Å²) >= 11 is 0. The molecule has 3 heteroatoms. The van der Waals surface area contributed by atoms with E-state index in [1.54, 1.807) is 0 Å². The first kappa shape index (κ1) is 26.6. The van der Waals surface area contributed by atoms with Crippen LogP contribution in [0.5, 0.6) is 0 Å². The lowest BCUT2D eigenvalue weighted by atomic mass is 9.73. The molecule has 1 aliphatic heterocycles. The fourth-order valence-corrected chi connectivity index (χ4v) is 7.34. The molecule has 3 nitrogen and oxygen atoms in total. The van der Waals surface area contributed by atoms with E-state index in [-0.39, 0.29) is 5.41 Å². The van der Waals surface area contributed by atoms with Gasteiger partial charge in [0.25, 0.3) is 0 Å². The zero-order valence-corrected chi connectivity index (χ0v) is 25.8. The van der Waals surface area contributed by atoms with E-state index in [0.717, 1.165) is 44.6 Å². The van der Waals surface area contributed by atoms with Crippen LogP contribution in [0.4, 0.5) is 17.1 Å². The second kappa shape index (κ2) is 10.1. The van der Waals surface area contributed by atoms with E-state index in [1.807, 2.05) is 0 Å². The second-order valence-corrected chi connectivity index (χ2v) is 12.6. The van der Waals surface area contributed by atoms with Crippen LogP contribution in [0.1, 0.15) is 25.0 Å². The fraction of sp³-hybridized carbons (Fsp3) is 0.0698. The number of aromatic nitrogens is 2. The number of anilines is 3. The Labute approximate surface area is 268 Å². The highest BCUT2D eigenvalue weighted by molar-refractivity contribution is 6.12. The third-order valence-electron chi connectivity index (χ3n) is 9.66. The van der Waals surface area contributed by atoms with Gasteiger partial charge in [0, 0.05) is 33.0 Å². The minimum atomic E-state index is -0.0939. The monoisotopic (exact) mass is 589 g/mol. The lowest BCUT2D eigenvalue weighted by molar-refractivity contribution is 0.632. The van der Waals surface area contributed by atoms with Crippen LogP contribution in [-0.4, -0.2) is 9.97 Å². The SMILES string of the molecule is CC1(C)c2ccccc2N(c2ccc(-c3nc(-c4cccc5ccccc45)c4ccc5ccccc5c4n3)cc2)c2ccccc21. The van der Waals surface area contributed by atoms with Gasteiger partial charge in [0.1, 0.15) is 0 Å². The molecule has 0 atom stereocenters. The molecule has 7 aromatic carbocycles. The average molecular weight is 590 g/mol. The molecular weight excluding hydrogens is 558 g/mol. The minimum absolute atomic E-state index is 0.0939. The second-order valence-electron chi connectivity index (χ2n) is 12.6. The molecule has 8 aromatic rings. The van der Waals surface area contributed by atoms with Gasteiger partial charge in [-0.3, -0.25) is 0 Å². The quantitative estimate of drug-likeness (QED) is 0.192. The standard InChI is InChI=1S/C43H31N3/c1-43(2)36-18-7-9-20-38(36)46(39-21-10-8-19-37(39)43)31-25-22-30(23-26-31)42-44-40-33-16-6-4-13-29(33)24-27-35(40)41(45-42)34-17-11-14-28-12-3-5-15-32(28)34/h3-27H,1-2H3. The van der Waals surface area contributed by atoms with Gasteiger partial charge in [-0.05, 0) is 69.8 Å². The van der Waals surface area contributed by atoms with E-state index in [9.17, 15) is 0 Å². The van der Waals surface area contributed by atoms with Gasteiger partial charge in [0.2, 0.25) is 0 Å². The molecular formula is C43H31N3. The van der Waals surface area contributed by atoms with Crippen LogP contribution in [0.2, 0.25) is 0 Å². The highest BCUT2D eigenvalue weighted by Gasteiger charge is 2.36. The van der Waals surface area contributed by atoms with Crippen LogP contribution in [0.3, 0.4) is 0 Å². The fourth-order valence-electron chi connectivity index (χ4n) is 7.34. The first-order chi connectivity index (χ1) is 22.6. The summed E-state index contributed by atoms with van der Waals surface area (Å²) in [7, 11) is 0. The summed E-state index contributed by atoms with van der Waals surface area (Å²) in [5.74, 6) is 0.721. The topological polar surface area (TPSA) is 29.0 Å². The first-order valence-corrected chi connectivity index (χ1v) is 15.9. The molecule has 0 fully saturated rings. The van der Waals surface area contributed by atoms with Gasteiger partial charge in [0.15, 0.2) is 5.82 Å². The molecule has 0 aliphatic carbocycles.